The summed E-state index contributed by atoms with van der Waals surface area (Å²) in [6.07, 6.45) is 5.63. The Morgan fingerprint density at radius 3 is 1.57 bits per heavy atom. The van der Waals surface area contributed by atoms with Crippen molar-refractivity contribution in [1.29, 1.82) is 0 Å². The van der Waals surface area contributed by atoms with Crippen LogP contribution in [0.4, 0.5) is 0 Å². The Bertz CT molecular complexity index is 189. The first-order chi connectivity index (χ1) is 6.79. The van der Waals surface area contributed by atoms with E-state index in [0.29, 0.717) is 0 Å². The van der Waals surface area contributed by atoms with Gasteiger partial charge in [0.25, 0.3) is 0 Å². The van der Waals surface area contributed by atoms with Gasteiger partial charge in [0.15, 0.2) is 0 Å². The van der Waals surface area contributed by atoms with E-state index in [1.165, 1.54) is 57.1 Å². The summed E-state index contributed by atoms with van der Waals surface area (Å²) in [7, 11) is -0.940. The van der Waals surface area contributed by atoms with Crippen LogP contribution in [0.2, 0.25) is 0 Å². The summed E-state index contributed by atoms with van der Waals surface area (Å²) in [6, 6.07) is 0. The molecule has 0 aromatic rings. The minimum absolute atomic E-state index is 0.940. The Morgan fingerprint density at radius 2 is 1.29 bits per heavy atom. The zero-order chi connectivity index (χ0) is 9.97. The normalized spacial score (nSPS) is 25.0. The molecule has 0 amide bonds. The van der Waals surface area contributed by atoms with Crippen LogP contribution in [0.1, 0.15) is 32.6 Å². The predicted octanol–water partition coefficient (Wildman–Crippen LogP) is 1.51. The standard InChI is InChI=1S/C11H22N2Si/c1-11(2)14(12-7-3-4-8-12)13-9-5-6-10-13/h14H,1,3-10H2,2H3. The van der Waals surface area contributed by atoms with E-state index < -0.39 is 9.12 Å². The maximum Gasteiger partial charge on any atom is 0.218 e. The molecule has 0 aromatic carbocycles. The summed E-state index contributed by atoms with van der Waals surface area (Å²) < 4.78 is 5.49. The summed E-state index contributed by atoms with van der Waals surface area (Å²) in [4.78, 5) is 0. The summed E-state index contributed by atoms with van der Waals surface area (Å²) in [6.45, 7) is 11.8. The second-order valence-corrected chi connectivity index (χ2v) is 7.90. The van der Waals surface area contributed by atoms with Gasteiger partial charge in [0.1, 0.15) is 0 Å². The molecule has 2 rings (SSSR count). The van der Waals surface area contributed by atoms with E-state index in [-0.39, 0.29) is 0 Å². The lowest BCUT2D eigenvalue weighted by Gasteiger charge is -2.33. The van der Waals surface area contributed by atoms with Crippen molar-refractivity contribution in [1.82, 2.24) is 9.13 Å². The lowest BCUT2D eigenvalue weighted by Crippen LogP contribution is -2.51. The maximum atomic E-state index is 4.22. The van der Waals surface area contributed by atoms with Crippen LogP contribution in [0.5, 0.6) is 0 Å². The average molecular weight is 210 g/mol. The molecule has 3 heteroatoms. The van der Waals surface area contributed by atoms with Crippen molar-refractivity contribution in [2.75, 3.05) is 26.2 Å². The van der Waals surface area contributed by atoms with Crippen LogP contribution in [0.15, 0.2) is 11.8 Å². The Labute approximate surface area is 89.3 Å². The fourth-order valence-electron chi connectivity index (χ4n) is 2.83. The first-order valence-corrected chi connectivity index (χ1v) is 7.53. The van der Waals surface area contributed by atoms with Crippen LogP contribution in [0.3, 0.4) is 0 Å². The zero-order valence-electron chi connectivity index (χ0n) is 9.34. The van der Waals surface area contributed by atoms with Crippen molar-refractivity contribution < 1.29 is 0 Å². The number of allylic oxidation sites excluding steroid dienone is 1. The molecule has 0 atom stereocenters. The van der Waals surface area contributed by atoms with Gasteiger partial charge in [-0.1, -0.05) is 5.20 Å². The molecule has 2 aliphatic heterocycles. The highest BCUT2D eigenvalue weighted by atomic mass is 28.3. The SMILES string of the molecule is C=C(C)[SiH](N1CCCC1)N1CCCC1. The van der Waals surface area contributed by atoms with Gasteiger partial charge in [-0.3, -0.25) is 0 Å². The number of rotatable bonds is 3. The molecule has 2 heterocycles. The van der Waals surface area contributed by atoms with Crippen molar-refractivity contribution in [3.63, 3.8) is 0 Å². The van der Waals surface area contributed by atoms with Gasteiger partial charge in [0.2, 0.25) is 9.12 Å². The van der Waals surface area contributed by atoms with E-state index in [2.05, 4.69) is 22.6 Å². The number of hydrogen-bond acceptors (Lipinski definition) is 2. The quantitative estimate of drug-likeness (QED) is 0.652. The molecule has 2 nitrogen and oxygen atoms in total. The Morgan fingerprint density at radius 1 is 0.929 bits per heavy atom. The second kappa shape index (κ2) is 4.60. The summed E-state index contributed by atoms with van der Waals surface area (Å²) in [5.41, 5.74) is 0. The highest BCUT2D eigenvalue weighted by Crippen LogP contribution is 2.20. The third kappa shape index (κ3) is 2.10. The Kier molecular flexibility index (Phi) is 3.41. The molecule has 0 spiro atoms. The maximum absolute atomic E-state index is 4.22. The molecule has 14 heavy (non-hydrogen) atoms. The van der Waals surface area contributed by atoms with Gasteiger partial charge in [-0.2, -0.15) is 0 Å². The van der Waals surface area contributed by atoms with Crippen molar-refractivity contribution >= 4 is 9.12 Å². The molecule has 2 saturated heterocycles. The van der Waals surface area contributed by atoms with Crippen LogP contribution in [-0.2, 0) is 0 Å². The monoisotopic (exact) mass is 210 g/mol. The van der Waals surface area contributed by atoms with Crippen molar-refractivity contribution in [3.05, 3.63) is 11.8 Å². The van der Waals surface area contributed by atoms with Crippen LogP contribution in [0, 0.1) is 0 Å². The van der Waals surface area contributed by atoms with E-state index in [4.69, 9.17) is 0 Å². The molecule has 0 unspecified atom stereocenters. The highest BCUT2D eigenvalue weighted by molar-refractivity contribution is 6.60. The van der Waals surface area contributed by atoms with E-state index in [1.54, 1.807) is 0 Å². The number of hydrogen-bond donors (Lipinski definition) is 0. The van der Waals surface area contributed by atoms with E-state index >= 15 is 0 Å². The predicted molar refractivity (Wildman–Crippen MR) is 63.6 cm³/mol. The second-order valence-electron chi connectivity index (χ2n) is 4.71. The summed E-state index contributed by atoms with van der Waals surface area (Å²) >= 11 is 0. The Balaban J connectivity index is 2.02. The molecule has 0 saturated carbocycles. The van der Waals surface area contributed by atoms with Gasteiger partial charge in [0, 0.05) is 0 Å². The molecular formula is C11H22N2Si. The van der Waals surface area contributed by atoms with E-state index in [9.17, 15) is 0 Å². The van der Waals surface area contributed by atoms with Crippen LogP contribution >= 0.6 is 0 Å². The molecule has 2 aliphatic rings. The van der Waals surface area contributed by atoms with Crippen LogP contribution < -0.4 is 0 Å². The largest absolute Gasteiger partial charge is 0.311 e. The van der Waals surface area contributed by atoms with Crippen LogP contribution in [0.25, 0.3) is 0 Å². The molecule has 0 aliphatic carbocycles. The zero-order valence-corrected chi connectivity index (χ0v) is 10.5. The average Bonchev–Trinajstić information content (AvgIpc) is 2.75. The van der Waals surface area contributed by atoms with Gasteiger partial charge >= 0.3 is 0 Å². The van der Waals surface area contributed by atoms with E-state index in [0.717, 1.165) is 0 Å². The van der Waals surface area contributed by atoms with Crippen molar-refractivity contribution in [2.45, 2.75) is 32.6 Å². The van der Waals surface area contributed by atoms with E-state index in [1.807, 2.05) is 0 Å². The number of nitrogens with zero attached hydrogens (tertiary/aromatic N) is 2. The molecule has 0 radical (unpaired) electrons. The van der Waals surface area contributed by atoms with Gasteiger partial charge in [-0.15, -0.1) is 6.58 Å². The van der Waals surface area contributed by atoms with Crippen LogP contribution in [-0.4, -0.2) is 44.4 Å². The third-order valence-electron chi connectivity index (χ3n) is 3.41. The molecule has 0 bridgehead atoms. The minimum Gasteiger partial charge on any atom is -0.311 e. The molecule has 0 N–H and O–H groups in total. The molecular weight excluding hydrogens is 188 g/mol. The van der Waals surface area contributed by atoms with Crippen molar-refractivity contribution in [3.8, 4) is 0 Å². The van der Waals surface area contributed by atoms with Crippen molar-refractivity contribution in [2.24, 2.45) is 0 Å². The molecule has 0 aromatic heterocycles. The molecule has 2 fully saturated rings. The lowest BCUT2D eigenvalue weighted by atomic mass is 10.4. The highest BCUT2D eigenvalue weighted by Gasteiger charge is 2.31. The lowest BCUT2D eigenvalue weighted by molar-refractivity contribution is 0.431. The van der Waals surface area contributed by atoms with Gasteiger partial charge < -0.3 is 9.13 Å². The third-order valence-corrected chi connectivity index (χ3v) is 6.71. The fraction of sp³-hybridized carbons (Fsp3) is 0.818. The first-order valence-electron chi connectivity index (χ1n) is 5.92. The topological polar surface area (TPSA) is 6.48 Å². The molecule has 80 valence electrons. The fourth-order valence-corrected chi connectivity index (χ4v) is 6.24. The first kappa shape index (κ1) is 10.4. The minimum atomic E-state index is -0.940. The summed E-state index contributed by atoms with van der Waals surface area (Å²) in [5.74, 6) is 0. The Hall–Kier alpha value is -0.123. The van der Waals surface area contributed by atoms with Gasteiger partial charge in [-0.05, 0) is 58.8 Å². The van der Waals surface area contributed by atoms with Gasteiger partial charge in [-0.25, -0.2) is 0 Å². The summed E-state index contributed by atoms with van der Waals surface area (Å²) in [5, 5.41) is 1.47. The van der Waals surface area contributed by atoms with Gasteiger partial charge in [0.05, 0.1) is 0 Å². The smallest absolute Gasteiger partial charge is 0.218 e.